The zero-order valence-corrected chi connectivity index (χ0v) is 16.3. The first kappa shape index (κ1) is 17.9. The van der Waals surface area contributed by atoms with E-state index in [0.717, 1.165) is 24.0 Å². The van der Waals surface area contributed by atoms with Gasteiger partial charge < -0.3 is 9.64 Å². The Bertz CT molecular complexity index is 1030. The maximum absolute atomic E-state index is 13.5. The van der Waals surface area contributed by atoms with Gasteiger partial charge in [-0.05, 0) is 43.0 Å². The van der Waals surface area contributed by atoms with Crippen LogP contribution in [0.3, 0.4) is 0 Å². The van der Waals surface area contributed by atoms with Crippen LogP contribution in [0, 0.1) is 6.92 Å². The van der Waals surface area contributed by atoms with E-state index in [0.29, 0.717) is 11.3 Å². The Kier molecular flexibility index (Phi) is 3.98. The van der Waals surface area contributed by atoms with Crippen molar-refractivity contribution in [2.75, 3.05) is 4.90 Å². The van der Waals surface area contributed by atoms with Gasteiger partial charge in [-0.15, -0.1) is 0 Å². The summed E-state index contributed by atoms with van der Waals surface area (Å²) in [6.07, 6.45) is 2.14. The molecule has 5 rings (SSSR count). The van der Waals surface area contributed by atoms with Crippen molar-refractivity contribution in [3.05, 3.63) is 65.2 Å². The summed E-state index contributed by atoms with van der Waals surface area (Å²) in [6.45, 7) is 2.08. The Labute approximate surface area is 169 Å². The number of anilines is 1. The number of esters is 1. The van der Waals surface area contributed by atoms with E-state index in [2.05, 4.69) is 0 Å². The third-order valence-electron chi connectivity index (χ3n) is 6.16. The van der Waals surface area contributed by atoms with Crippen LogP contribution in [0.2, 0.25) is 0 Å². The van der Waals surface area contributed by atoms with E-state index in [1.807, 2.05) is 31.2 Å². The second-order valence-corrected chi connectivity index (χ2v) is 7.97. The van der Waals surface area contributed by atoms with Gasteiger partial charge in [0.05, 0.1) is 11.3 Å². The average Bonchev–Trinajstić information content (AvgIpc) is 3.50. The minimum atomic E-state index is -1.38. The minimum absolute atomic E-state index is 0.0322. The first-order valence-corrected chi connectivity index (χ1v) is 10.0. The molecule has 1 aliphatic carbocycles. The molecule has 2 aliphatic heterocycles. The number of fused-ring (bicyclic) bond motifs is 3. The van der Waals surface area contributed by atoms with Crippen LogP contribution in [0.1, 0.15) is 47.2 Å². The molecule has 0 radical (unpaired) electrons. The normalized spacial score (nSPS) is 23.1. The molecule has 2 aromatic carbocycles. The monoisotopic (exact) mass is 390 g/mol. The molecule has 3 aliphatic rings. The van der Waals surface area contributed by atoms with E-state index < -0.39 is 11.6 Å². The molecule has 1 saturated carbocycles. The lowest BCUT2D eigenvalue weighted by Gasteiger charge is -2.48. The number of ether oxygens (including phenoxy) is 1. The number of hydrogen-bond donors (Lipinski definition) is 0. The summed E-state index contributed by atoms with van der Waals surface area (Å²) in [6, 6.07) is 14.7. The van der Waals surface area contributed by atoms with E-state index in [1.165, 1.54) is 4.90 Å². The third-order valence-corrected chi connectivity index (χ3v) is 6.16. The largest absolute Gasteiger partial charge is 0.458 e. The third kappa shape index (κ3) is 2.58. The molecule has 0 N–H and O–H groups in total. The fourth-order valence-electron chi connectivity index (χ4n) is 4.54. The molecule has 1 saturated heterocycles. The molecular weight excluding hydrogens is 368 g/mol. The highest BCUT2D eigenvalue weighted by Gasteiger charge is 2.64. The van der Waals surface area contributed by atoms with E-state index in [1.54, 1.807) is 29.2 Å². The van der Waals surface area contributed by atoms with Gasteiger partial charge in [0.25, 0.3) is 5.91 Å². The minimum Gasteiger partial charge on any atom is -0.458 e. The van der Waals surface area contributed by atoms with Crippen LogP contribution in [0.15, 0.2) is 48.5 Å². The SMILES string of the molecule is Cc1ccccc1COC(=O)[C@@]12CCC(=O)N1c1ccccc1C(=O)N2C1CC1. The van der Waals surface area contributed by atoms with Crippen molar-refractivity contribution in [1.82, 2.24) is 4.90 Å². The summed E-state index contributed by atoms with van der Waals surface area (Å²) in [5, 5.41) is 0. The van der Waals surface area contributed by atoms with E-state index >= 15 is 0 Å². The van der Waals surface area contributed by atoms with Crippen molar-refractivity contribution in [3.63, 3.8) is 0 Å². The van der Waals surface area contributed by atoms with Gasteiger partial charge in [-0.1, -0.05) is 36.4 Å². The Morgan fingerprint density at radius 2 is 1.83 bits per heavy atom. The van der Waals surface area contributed by atoms with Crippen LogP contribution < -0.4 is 4.90 Å². The maximum Gasteiger partial charge on any atom is 0.354 e. The Hall–Kier alpha value is -3.15. The second kappa shape index (κ2) is 6.44. The smallest absolute Gasteiger partial charge is 0.354 e. The fourth-order valence-corrected chi connectivity index (χ4v) is 4.54. The van der Waals surface area contributed by atoms with Crippen LogP contribution in [-0.2, 0) is 20.9 Å². The van der Waals surface area contributed by atoms with Crippen LogP contribution in [-0.4, -0.2) is 34.4 Å². The number of carbonyl (C=O) groups excluding carboxylic acids is 3. The van der Waals surface area contributed by atoms with Gasteiger partial charge in [-0.3, -0.25) is 14.5 Å². The number of amides is 2. The number of benzene rings is 2. The highest BCUT2D eigenvalue weighted by Crippen LogP contribution is 2.49. The predicted molar refractivity (Wildman–Crippen MR) is 106 cm³/mol. The lowest BCUT2D eigenvalue weighted by Crippen LogP contribution is -2.69. The molecule has 6 nitrogen and oxygen atoms in total. The lowest BCUT2D eigenvalue weighted by atomic mass is 9.96. The summed E-state index contributed by atoms with van der Waals surface area (Å²) >= 11 is 0. The number of carbonyl (C=O) groups is 3. The maximum atomic E-state index is 13.5. The Balaban J connectivity index is 1.56. The molecule has 0 bridgehead atoms. The van der Waals surface area contributed by atoms with Crippen molar-refractivity contribution in [2.24, 2.45) is 0 Å². The fraction of sp³-hybridized carbons (Fsp3) is 0.348. The van der Waals surface area contributed by atoms with Crippen molar-refractivity contribution in [3.8, 4) is 0 Å². The molecule has 2 amide bonds. The quantitative estimate of drug-likeness (QED) is 0.752. The van der Waals surface area contributed by atoms with Crippen molar-refractivity contribution < 1.29 is 19.1 Å². The second-order valence-electron chi connectivity index (χ2n) is 7.97. The number of aryl methyl sites for hydroxylation is 1. The predicted octanol–water partition coefficient (Wildman–Crippen LogP) is 3.18. The first-order chi connectivity index (χ1) is 14.0. The zero-order chi connectivity index (χ0) is 20.2. The van der Waals surface area contributed by atoms with Gasteiger partial charge in [-0.25, -0.2) is 4.79 Å². The molecule has 0 aromatic heterocycles. The Morgan fingerprint density at radius 1 is 1.10 bits per heavy atom. The van der Waals surface area contributed by atoms with Crippen LogP contribution in [0.5, 0.6) is 0 Å². The van der Waals surface area contributed by atoms with Gasteiger partial charge in [0.2, 0.25) is 11.6 Å². The van der Waals surface area contributed by atoms with Gasteiger partial charge >= 0.3 is 5.97 Å². The molecule has 2 heterocycles. The number of rotatable bonds is 4. The van der Waals surface area contributed by atoms with Crippen molar-refractivity contribution in [1.29, 1.82) is 0 Å². The van der Waals surface area contributed by atoms with Crippen molar-refractivity contribution in [2.45, 2.75) is 50.9 Å². The highest BCUT2D eigenvalue weighted by atomic mass is 16.5. The highest BCUT2D eigenvalue weighted by molar-refractivity contribution is 6.15. The van der Waals surface area contributed by atoms with E-state index in [-0.39, 0.29) is 37.3 Å². The molecule has 148 valence electrons. The average molecular weight is 390 g/mol. The van der Waals surface area contributed by atoms with Crippen LogP contribution in [0.25, 0.3) is 0 Å². The molecule has 1 atom stereocenters. The standard InChI is InChI=1S/C23H22N2O4/c1-15-6-2-3-7-16(15)14-29-22(28)23-13-12-20(26)25(23)19-9-5-4-8-18(19)21(27)24(23)17-10-11-17/h2-9,17H,10-14H2,1H3/t23-/m1/s1. The van der Waals surface area contributed by atoms with Gasteiger partial charge in [0.15, 0.2) is 0 Å². The summed E-state index contributed by atoms with van der Waals surface area (Å²) in [5.41, 5.74) is 1.53. The topological polar surface area (TPSA) is 66.9 Å². The molecule has 0 spiro atoms. The van der Waals surface area contributed by atoms with Gasteiger partial charge in [0.1, 0.15) is 6.61 Å². The molecule has 2 fully saturated rings. The summed E-state index contributed by atoms with van der Waals surface area (Å²) in [4.78, 5) is 42.9. The molecule has 6 heteroatoms. The summed E-state index contributed by atoms with van der Waals surface area (Å²) in [5.74, 6) is -0.869. The van der Waals surface area contributed by atoms with Gasteiger partial charge in [0, 0.05) is 18.9 Å². The van der Waals surface area contributed by atoms with E-state index in [4.69, 9.17) is 4.74 Å². The van der Waals surface area contributed by atoms with E-state index in [9.17, 15) is 14.4 Å². The zero-order valence-electron chi connectivity index (χ0n) is 16.3. The molecular formula is C23H22N2O4. The molecule has 29 heavy (non-hydrogen) atoms. The van der Waals surface area contributed by atoms with Crippen LogP contribution in [0.4, 0.5) is 5.69 Å². The van der Waals surface area contributed by atoms with Crippen LogP contribution >= 0.6 is 0 Å². The molecule has 2 aromatic rings. The Morgan fingerprint density at radius 3 is 2.59 bits per heavy atom. The summed E-state index contributed by atoms with van der Waals surface area (Å²) < 4.78 is 5.75. The number of nitrogens with zero attached hydrogens (tertiary/aromatic N) is 2. The number of hydrogen-bond acceptors (Lipinski definition) is 4. The number of para-hydroxylation sites is 1. The van der Waals surface area contributed by atoms with Crippen molar-refractivity contribution >= 4 is 23.5 Å². The molecule has 0 unspecified atom stereocenters. The van der Waals surface area contributed by atoms with Gasteiger partial charge in [-0.2, -0.15) is 0 Å². The first-order valence-electron chi connectivity index (χ1n) is 10.0. The lowest BCUT2D eigenvalue weighted by molar-refractivity contribution is -0.159. The summed E-state index contributed by atoms with van der Waals surface area (Å²) in [7, 11) is 0.